The third-order valence-electron chi connectivity index (χ3n) is 3.07. The van der Waals surface area contributed by atoms with Gasteiger partial charge in [-0.2, -0.15) is 0 Å². The van der Waals surface area contributed by atoms with Crippen molar-refractivity contribution in [3.8, 4) is 0 Å². The zero-order valence-electron chi connectivity index (χ0n) is 10.2. The van der Waals surface area contributed by atoms with Gasteiger partial charge in [-0.3, -0.25) is 4.79 Å². The first kappa shape index (κ1) is 13.8. The van der Waals surface area contributed by atoms with Crippen LogP contribution in [0.4, 0.5) is 4.79 Å². The van der Waals surface area contributed by atoms with Crippen LogP contribution in [0.1, 0.15) is 26.2 Å². The van der Waals surface area contributed by atoms with Crippen molar-refractivity contribution >= 4 is 12.0 Å². The molecule has 1 fully saturated rings. The monoisotopic (exact) mass is 244 g/mol. The number of aliphatic carboxylic acids is 1. The lowest BCUT2D eigenvalue weighted by Gasteiger charge is -2.15. The van der Waals surface area contributed by atoms with Crippen molar-refractivity contribution in [2.75, 3.05) is 13.7 Å². The van der Waals surface area contributed by atoms with Crippen molar-refractivity contribution in [1.82, 2.24) is 10.6 Å². The lowest BCUT2D eigenvalue weighted by Crippen LogP contribution is -2.43. The standard InChI is InChI=1S/C11H20N2O4/c1-7(17-2)6-12-11(16)13-9-4-3-8(5-9)10(14)15/h7-9H,3-6H2,1-2H3,(H,14,15)(H2,12,13,16)/t7?,8-,9+/m1/s1. The Kier molecular flexibility index (Phi) is 5.21. The van der Waals surface area contributed by atoms with Crippen LogP contribution in [-0.4, -0.2) is 42.9 Å². The first-order chi connectivity index (χ1) is 8.02. The van der Waals surface area contributed by atoms with Crippen LogP contribution in [0.3, 0.4) is 0 Å². The van der Waals surface area contributed by atoms with Crippen LogP contribution < -0.4 is 10.6 Å². The number of carbonyl (C=O) groups is 2. The van der Waals surface area contributed by atoms with E-state index in [1.807, 2.05) is 6.92 Å². The normalized spacial score (nSPS) is 25.3. The van der Waals surface area contributed by atoms with Crippen molar-refractivity contribution in [3.63, 3.8) is 0 Å². The molecule has 2 amide bonds. The fraction of sp³-hybridized carbons (Fsp3) is 0.818. The molecule has 6 heteroatoms. The third kappa shape index (κ3) is 4.60. The Hall–Kier alpha value is -1.30. The molecule has 1 saturated carbocycles. The molecule has 3 atom stereocenters. The highest BCUT2D eigenvalue weighted by Gasteiger charge is 2.30. The number of nitrogens with one attached hydrogen (secondary N) is 2. The molecule has 0 aromatic rings. The van der Waals surface area contributed by atoms with E-state index in [1.54, 1.807) is 7.11 Å². The Morgan fingerprint density at radius 2 is 2.18 bits per heavy atom. The molecular formula is C11H20N2O4. The molecule has 0 spiro atoms. The first-order valence-corrected chi connectivity index (χ1v) is 5.83. The second-order valence-corrected chi connectivity index (χ2v) is 4.45. The summed E-state index contributed by atoms with van der Waals surface area (Å²) in [6, 6.07) is -0.293. The lowest BCUT2D eigenvalue weighted by atomic mass is 10.1. The number of ether oxygens (including phenoxy) is 1. The number of hydrogen-bond acceptors (Lipinski definition) is 3. The molecule has 98 valence electrons. The molecule has 6 nitrogen and oxygen atoms in total. The Labute approximate surface area is 101 Å². The van der Waals surface area contributed by atoms with Gasteiger partial charge in [0.05, 0.1) is 12.0 Å². The summed E-state index contributed by atoms with van der Waals surface area (Å²) in [6.07, 6.45) is 1.85. The van der Waals surface area contributed by atoms with E-state index in [2.05, 4.69) is 10.6 Å². The van der Waals surface area contributed by atoms with Crippen LogP contribution in [0.2, 0.25) is 0 Å². The van der Waals surface area contributed by atoms with Gasteiger partial charge in [-0.05, 0) is 26.2 Å². The Morgan fingerprint density at radius 3 is 2.71 bits per heavy atom. The van der Waals surface area contributed by atoms with Crippen LogP contribution >= 0.6 is 0 Å². The smallest absolute Gasteiger partial charge is 0.315 e. The van der Waals surface area contributed by atoms with Crippen molar-refractivity contribution in [2.24, 2.45) is 5.92 Å². The predicted octanol–water partition coefficient (Wildman–Crippen LogP) is 0.574. The molecule has 1 aliphatic carbocycles. The summed E-state index contributed by atoms with van der Waals surface area (Å²) in [5.41, 5.74) is 0. The summed E-state index contributed by atoms with van der Waals surface area (Å²) >= 11 is 0. The molecule has 0 bridgehead atoms. The average Bonchev–Trinajstić information content (AvgIpc) is 2.74. The van der Waals surface area contributed by atoms with E-state index >= 15 is 0 Å². The minimum absolute atomic E-state index is 0.0314. The zero-order valence-corrected chi connectivity index (χ0v) is 10.2. The minimum Gasteiger partial charge on any atom is -0.481 e. The number of carboxylic acid groups (broad SMARTS) is 1. The molecule has 0 saturated heterocycles. The van der Waals surface area contributed by atoms with Crippen LogP contribution in [0.5, 0.6) is 0 Å². The van der Waals surface area contributed by atoms with Gasteiger partial charge in [-0.25, -0.2) is 4.79 Å². The van der Waals surface area contributed by atoms with Gasteiger partial charge >= 0.3 is 12.0 Å². The quantitative estimate of drug-likeness (QED) is 0.660. The van der Waals surface area contributed by atoms with E-state index in [1.165, 1.54) is 0 Å². The maximum Gasteiger partial charge on any atom is 0.315 e. The SMILES string of the molecule is COC(C)CNC(=O)N[C@H]1CC[C@@H](C(=O)O)C1. The predicted molar refractivity (Wildman–Crippen MR) is 61.8 cm³/mol. The highest BCUT2D eigenvalue weighted by atomic mass is 16.5. The summed E-state index contributed by atoms with van der Waals surface area (Å²) < 4.78 is 5.00. The molecule has 1 unspecified atom stereocenters. The Bertz CT molecular complexity index is 283. The fourth-order valence-corrected chi connectivity index (χ4v) is 1.89. The van der Waals surface area contributed by atoms with E-state index in [0.717, 1.165) is 6.42 Å². The van der Waals surface area contributed by atoms with Gasteiger partial charge in [0.1, 0.15) is 0 Å². The zero-order chi connectivity index (χ0) is 12.8. The second kappa shape index (κ2) is 6.44. The van der Waals surface area contributed by atoms with E-state index in [4.69, 9.17) is 9.84 Å². The second-order valence-electron chi connectivity index (χ2n) is 4.45. The molecule has 0 aliphatic heterocycles. The van der Waals surface area contributed by atoms with Gasteiger partial charge in [-0.15, -0.1) is 0 Å². The molecule has 0 aromatic heterocycles. The molecular weight excluding hydrogens is 224 g/mol. The number of carboxylic acids is 1. The largest absolute Gasteiger partial charge is 0.481 e. The van der Waals surface area contributed by atoms with Gasteiger partial charge in [0.2, 0.25) is 0 Å². The molecule has 0 heterocycles. The number of methoxy groups -OCH3 is 1. The van der Waals surface area contributed by atoms with Gasteiger partial charge < -0.3 is 20.5 Å². The molecule has 3 N–H and O–H groups in total. The summed E-state index contributed by atoms with van der Waals surface area (Å²) in [7, 11) is 1.58. The number of hydrogen-bond donors (Lipinski definition) is 3. The van der Waals surface area contributed by atoms with Crippen LogP contribution in [-0.2, 0) is 9.53 Å². The van der Waals surface area contributed by atoms with Crippen molar-refractivity contribution in [2.45, 2.75) is 38.3 Å². The molecule has 0 radical (unpaired) electrons. The maximum atomic E-state index is 11.5. The highest BCUT2D eigenvalue weighted by Crippen LogP contribution is 2.25. The summed E-state index contributed by atoms with van der Waals surface area (Å²) in [5, 5.41) is 14.3. The van der Waals surface area contributed by atoms with Gasteiger partial charge in [0.15, 0.2) is 0 Å². The number of carbonyl (C=O) groups excluding carboxylic acids is 1. The Morgan fingerprint density at radius 1 is 1.47 bits per heavy atom. The minimum atomic E-state index is -0.775. The van der Waals surface area contributed by atoms with Gasteiger partial charge in [0, 0.05) is 19.7 Å². The first-order valence-electron chi connectivity index (χ1n) is 5.83. The highest BCUT2D eigenvalue weighted by molar-refractivity contribution is 5.75. The van der Waals surface area contributed by atoms with E-state index in [-0.39, 0.29) is 24.1 Å². The van der Waals surface area contributed by atoms with Crippen LogP contribution in [0.15, 0.2) is 0 Å². The summed E-state index contributed by atoms with van der Waals surface area (Å²) in [5.74, 6) is -1.10. The number of rotatable bonds is 5. The van der Waals surface area contributed by atoms with Crippen molar-refractivity contribution in [3.05, 3.63) is 0 Å². The van der Waals surface area contributed by atoms with Gasteiger partial charge in [0.25, 0.3) is 0 Å². The van der Waals surface area contributed by atoms with Gasteiger partial charge in [-0.1, -0.05) is 0 Å². The number of amides is 2. The Balaban J connectivity index is 2.22. The summed E-state index contributed by atoms with van der Waals surface area (Å²) in [6.45, 7) is 2.30. The van der Waals surface area contributed by atoms with Crippen LogP contribution in [0, 0.1) is 5.92 Å². The van der Waals surface area contributed by atoms with E-state index in [9.17, 15) is 9.59 Å². The molecule has 0 aromatic carbocycles. The molecule has 1 rings (SSSR count). The molecule has 17 heavy (non-hydrogen) atoms. The average molecular weight is 244 g/mol. The fourth-order valence-electron chi connectivity index (χ4n) is 1.89. The maximum absolute atomic E-state index is 11.5. The van der Waals surface area contributed by atoms with Crippen molar-refractivity contribution in [1.29, 1.82) is 0 Å². The summed E-state index contributed by atoms with van der Waals surface area (Å²) in [4.78, 5) is 22.2. The van der Waals surface area contributed by atoms with Crippen LogP contribution in [0.25, 0.3) is 0 Å². The van der Waals surface area contributed by atoms with E-state index in [0.29, 0.717) is 19.4 Å². The molecule has 1 aliphatic rings. The van der Waals surface area contributed by atoms with E-state index < -0.39 is 5.97 Å². The lowest BCUT2D eigenvalue weighted by molar-refractivity contribution is -0.141. The topological polar surface area (TPSA) is 87.7 Å². The third-order valence-corrected chi connectivity index (χ3v) is 3.07. The number of urea groups is 1. The van der Waals surface area contributed by atoms with Crippen molar-refractivity contribution < 1.29 is 19.4 Å².